The number of nitrogens with zero attached hydrogens (tertiary/aromatic N) is 4. The normalized spacial score (nSPS) is 11.2. The Balaban J connectivity index is 1.99. The fraction of sp³-hybridized carbons (Fsp3) is 0.118. The lowest BCUT2D eigenvalue weighted by atomic mass is 10.2. The van der Waals surface area contributed by atoms with Gasteiger partial charge in [-0.3, -0.25) is 0 Å². The Hall–Kier alpha value is -2.95. The third-order valence-electron chi connectivity index (χ3n) is 3.80. The SMILES string of the molecule is Cc1ccccc1Nc1nc2ccccc2c2nnc(C)n12. The molecule has 2 heterocycles. The topological polar surface area (TPSA) is 55.1 Å². The van der Waals surface area contributed by atoms with Crippen molar-refractivity contribution in [2.75, 3.05) is 5.32 Å². The zero-order valence-corrected chi connectivity index (χ0v) is 12.4. The highest BCUT2D eigenvalue weighted by atomic mass is 15.3. The summed E-state index contributed by atoms with van der Waals surface area (Å²) in [5.74, 6) is 1.54. The van der Waals surface area contributed by atoms with Crippen LogP contribution in [0.25, 0.3) is 16.6 Å². The van der Waals surface area contributed by atoms with E-state index in [4.69, 9.17) is 4.98 Å². The maximum Gasteiger partial charge on any atom is 0.215 e. The third-order valence-corrected chi connectivity index (χ3v) is 3.80. The van der Waals surface area contributed by atoms with Gasteiger partial charge in [-0.1, -0.05) is 30.3 Å². The summed E-state index contributed by atoms with van der Waals surface area (Å²) in [5, 5.41) is 12.9. The van der Waals surface area contributed by atoms with Gasteiger partial charge in [0, 0.05) is 11.1 Å². The van der Waals surface area contributed by atoms with Crippen molar-refractivity contribution in [1.29, 1.82) is 0 Å². The lowest BCUT2D eigenvalue weighted by molar-refractivity contribution is 0.994. The van der Waals surface area contributed by atoms with Crippen LogP contribution in [0.3, 0.4) is 0 Å². The zero-order valence-electron chi connectivity index (χ0n) is 12.4. The second-order valence-corrected chi connectivity index (χ2v) is 5.30. The number of benzene rings is 2. The summed E-state index contributed by atoms with van der Waals surface area (Å²) in [4.78, 5) is 4.74. The first-order valence-corrected chi connectivity index (χ1v) is 7.17. The fourth-order valence-electron chi connectivity index (χ4n) is 2.63. The Bertz CT molecular complexity index is 987. The molecule has 0 saturated heterocycles. The van der Waals surface area contributed by atoms with Gasteiger partial charge in [-0.15, -0.1) is 10.2 Å². The quantitative estimate of drug-likeness (QED) is 0.612. The van der Waals surface area contributed by atoms with Crippen LogP contribution in [0.5, 0.6) is 0 Å². The highest BCUT2D eigenvalue weighted by Gasteiger charge is 2.13. The number of nitrogens with one attached hydrogen (secondary N) is 1. The van der Waals surface area contributed by atoms with E-state index >= 15 is 0 Å². The smallest absolute Gasteiger partial charge is 0.215 e. The molecule has 0 aliphatic heterocycles. The Labute approximate surface area is 127 Å². The van der Waals surface area contributed by atoms with Gasteiger partial charge < -0.3 is 5.32 Å². The molecule has 2 aromatic heterocycles. The van der Waals surface area contributed by atoms with Crippen LogP contribution in [0.1, 0.15) is 11.4 Å². The number of hydrogen-bond acceptors (Lipinski definition) is 4. The van der Waals surface area contributed by atoms with E-state index in [2.05, 4.69) is 28.5 Å². The van der Waals surface area contributed by atoms with Gasteiger partial charge in [0.1, 0.15) is 5.82 Å². The molecular weight excluding hydrogens is 274 g/mol. The molecule has 0 atom stereocenters. The van der Waals surface area contributed by atoms with Crippen LogP contribution >= 0.6 is 0 Å². The Kier molecular flexibility index (Phi) is 2.79. The molecule has 108 valence electrons. The summed E-state index contributed by atoms with van der Waals surface area (Å²) in [5.41, 5.74) is 3.91. The molecule has 0 aliphatic carbocycles. The van der Waals surface area contributed by atoms with Gasteiger partial charge in [0.05, 0.1) is 5.52 Å². The molecule has 0 bridgehead atoms. The van der Waals surface area contributed by atoms with E-state index in [1.54, 1.807) is 0 Å². The molecule has 0 spiro atoms. The van der Waals surface area contributed by atoms with Gasteiger partial charge in [0.15, 0.2) is 5.65 Å². The molecule has 0 amide bonds. The van der Waals surface area contributed by atoms with Crippen molar-refractivity contribution in [2.24, 2.45) is 0 Å². The lowest BCUT2D eigenvalue weighted by Crippen LogP contribution is -2.04. The summed E-state index contributed by atoms with van der Waals surface area (Å²) in [6, 6.07) is 16.1. The van der Waals surface area contributed by atoms with E-state index in [9.17, 15) is 0 Å². The van der Waals surface area contributed by atoms with Gasteiger partial charge in [-0.05, 0) is 37.6 Å². The second kappa shape index (κ2) is 4.80. The van der Waals surface area contributed by atoms with Crippen molar-refractivity contribution in [3.05, 3.63) is 59.9 Å². The first-order valence-electron chi connectivity index (χ1n) is 7.17. The van der Waals surface area contributed by atoms with E-state index in [0.717, 1.165) is 39.6 Å². The van der Waals surface area contributed by atoms with E-state index in [-0.39, 0.29) is 0 Å². The maximum absolute atomic E-state index is 4.74. The summed E-state index contributed by atoms with van der Waals surface area (Å²) in [6.07, 6.45) is 0. The molecule has 0 unspecified atom stereocenters. The van der Waals surface area contributed by atoms with Crippen molar-refractivity contribution in [3.8, 4) is 0 Å². The second-order valence-electron chi connectivity index (χ2n) is 5.30. The number of fused-ring (bicyclic) bond motifs is 3. The van der Waals surface area contributed by atoms with Crippen molar-refractivity contribution >= 4 is 28.2 Å². The van der Waals surface area contributed by atoms with Crippen LogP contribution in [0.4, 0.5) is 11.6 Å². The maximum atomic E-state index is 4.74. The van der Waals surface area contributed by atoms with Crippen LogP contribution in [0, 0.1) is 13.8 Å². The average molecular weight is 289 g/mol. The van der Waals surface area contributed by atoms with Gasteiger partial charge in [-0.25, -0.2) is 9.38 Å². The van der Waals surface area contributed by atoms with Crippen LogP contribution < -0.4 is 5.32 Å². The average Bonchev–Trinajstić information content (AvgIpc) is 2.92. The van der Waals surface area contributed by atoms with E-state index in [0.29, 0.717) is 0 Å². The zero-order chi connectivity index (χ0) is 15.1. The number of aryl methyl sites for hydroxylation is 2. The fourth-order valence-corrected chi connectivity index (χ4v) is 2.63. The van der Waals surface area contributed by atoms with E-state index in [1.165, 1.54) is 0 Å². The number of rotatable bonds is 2. The largest absolute Gasteiger partial charge is 0.325 e. The van der Waals surface area contributed by atoms with Gasteiger partial charge in [0.25, 0.3) is 0 Å². The minimum atomic E-state index is 0.727. The first-order chi connectivity index (χ1) is 10.7. The highest BCUT2D eigenvalue weighted by molar-refractivity contribution is 5.92. The van der Waals surface area contributed by atoms with Gasteiger partial charge in [-0.2, -0.15) is 0 Å². The van der Waals surface area contributed by atoms with Crippen molar-refractivity contribution in [1.82, 2.24) is 19.6 Å². The van der Waals surface area contributed by atoms with Gasteiger partial charge in [0.2, 0.25) is 5.95 Å². The highest BCUT2D eigenvalue weighted by Crippen LogP contribution is 2.25. The third kappa shape index (κ3) is 1.90. The molecule has 4 rings (SSSR count). The summed E-state index contributed by atoms with van der Waals surface area (Å²) in [7, 11) is 0. The van der Waals surface area contributed by atoms with Crippen molar-refractivity contribution < 1.29 is 0 Å². The summed E-state index contributed by atoms with van der Waals surface area (Å²) in [6.45, 7) is 4.00. The first kappa shape index (κ1) is 12.8. The summed E-state index contributed by atoms with van der Waals surface area (Å²) >= 11 is 0. The van der Waals surface area contributed by atoms with Crippen LogP contribution in [0.15, 0.2) is 48.5 Å². The molecule has 1 N–H and O–H groups in total. The molecule has 0 saturated carbocycles. The standard InChI is InChI=1S/C17H15N5/c1-11-7-3-5-9-14(11)18-17-19-15-10-6-4-8-13(15)16-21-20-12(2)22(16)17/h3-10H,1-2H3,(H,18,19). The minimum absolute atomic E-state index is 0.727. The molecular formula is C17H15N5. The minimum Gasteiger partial charge on any atom is -0.325 e. The molecule has 4 aromatic rings. The summed E-state index contributed by atoms with van der Waals surface area (Å²) < 4.78 is 1.95. The van der Waals surface area contributed by atoms with Crippen LogP contribution in [-0.2, 0) is 0 Å². The molecule has 0 fully saturated rings. The van der Waals surface area contributed by atoms with E-state index < -0.39 is 0 Å². The molecule has 5 nitrogen and oxygen atoms in total. The molecule has 0 aliphatic rings. The number of aromatic nitrogens is 4. The predicted octanol–water partition coefficient (Wildman–Crippen LogP) is 3.64. The number of anilines is 2. The van der Waals surface area contributed by atoms with Crippen molar-refractivity contribution in [3.63, 3.8) is 0 Å². The van der Waals surface area contributed by atoms with Crippen LogP contribution in [-0.4, -0.2) is 19.6 Å². The Morgan fingerprint density at radius 1 is 0.909 bits per heavy atom. The van der Waals surface area contributed by atoms with Gasteiger partial charge >= 0.3 is 0 Å². The lowest BCUT2D eigenvalue weighted by Gasteiger charge is -2.12. The molecule has 0 radical (unpaired) electrons. The molecule has 5 heteroatoms. The monoisotopic (exact) mass is 289 g/mol. The molecule has 22 heavy (non-hydrogen) atoms. The number of para-hydroxylation sites is 2. The van der Waals surface area contributed by atoms with Crippen LogP contribution in [0.2, 0.25) is 0 Å². The molecule has 2 aromatic carbocycles. The van der Waals surface area contributed by atoms with Crippen molar-refractivity contribution in [2.45, 2.75) is 13.8 Å². The van der Waals surface area contributed by atoms with E-state index in [1.807, 2.05) is 53.8 Å². The number of hydrogen-bond donors (Lipinski definition) is 1. The Morgan fingerprint density at radius 2 is 1.68 bits per heavy atom. The Morgan fingerprint density at radius 3 is 2.55 bits per heavy atom. The predicted molar refractivity (Wildman–Crippen MR) is 87.5 cm³/mol.